The topological polar surface area (TPSA) is 82.8 Å². The average Bonchev–Trinajstić information content (AvgIpc) is 2.63. The number of phenols is 2. The summed E-state index contributed by atoms with van der Waals surface area (Å²) in [5.74, 6) is 0.173. The highest BCUT2D eigenvalue weighted by Gasteiger charge is 2.33. The molecule has 0 fully saturated rings. The zero-order valence-electron chi connectivity index (χ0n) is 15.8. The summed E-state index contributed by atoms with van der Waals surface area (Å²) in [5.41, 5.74) is 3.64. The van der Waals surface area contributed by atoms with Crippen molar-refractivity contribution in [3.8, 4) is 28.5 Å². The molecule has 0 amide bonds. The van der Waals surface area contributed by atoms with Crippen LogP contribution >= 0.6 is 0 Å². The first-order valence-corrected chi connectivity index (χ1v) is 8.90. The maximum atomic E-state index is 10.7. The summed E-state index contributed by atoms with van der Waals surface area (Å²) < 4.78 is 5.14. The Balaban J connectivity index is 2.08. The second kappa shape index (κ2) is 7.45. The second-order valence-corrected chi connectivity index (χ2v) is 7.16. The van der Waals surface area contributed by atoms with Crippen LogP contribution in [0.5, 0.6) is 17.4 Å². The molecule has 0 saturated heterocycles. The Morgan fingerprint density at radius 2 is 1.85 bits per heavy atom. The predicted molar refractivity (Wildman–Crippen MR) is 105 cm³/mol. The number of ether oxygens (including phenoxy) is 1. The molecule has 3 rings (SSSR count). The van der Waals surface area contributed by atoms with Gasteiger partial charge in [-0.2, -0.15) is 0 Å². The lowest BCUT2D eigenvalue weighted by atomic mass is 9.72. The average molecular weight is 367 g/mol. The van der Waals surface area contributed by atoms with Crippen LogP contribution in [0.15, 0.2) is 54.3 Å². The molecule has 0 radical (unpaired) electrons. The Labute approximate surface area is 159 Å². The molecule has 27 heavy (non-hydrogen) atoms. The number of nitrogens with zero attached hydrogens (tertiary/aromatic N) is 1. The summed E-state index contributed by atoms with van der Waals surface area (Å²) in [6.45, 7) is 7.80. The Bertz CT molecular complexity index is 880. The maximum absolute atomic E-state index is 10.7. The van der Waals surface area contributed by atoms with Crippen molar-refractivity contribution in [1.29, 1.82) is 0 Å². The molecule has 1 aromatic heterocycles. The van der Waals surface area contributed by atoms with Crippen molar-refractivity contribution in [3.05, 3.63) is 59.8 Å². The van der Waals surface area contributed by atoms with E-state index in [1.54, 1.807) is 30.5 Å². The minimum Gasteiger partial charge on any atom is -0.507 e. The van der Waals surface area contributed by atoms with Gasteiger partial charge in [-0.25, -0.2) is 4.98 Å². The third-order valence-corrected chi connectivity index (χ3v) is 5.26. The number of rotatable bonds is 4. The van der Waals surface area contributed by atoms with Gasteiger partial charge in [0.15, 0.2) is 0 Å². The number of pyridine rings is 1. The second-order valence-electron chi connectivity index (χ2n) is 7.16. The molecule has 0 bridgehead atoms. The van der Waals surface area contributed by atoms with Crippen molar-refractivity contribution in [1.82, 2.24) is 4.98 Å². The minimum absolute atomic E-state index is 0.0115. The van der Waals surface area contributed by atoms with Crippen LogP contribution in [-0.2, 0) is 0 Å². The van der Waals surface area contributed by atoms with Crippen LogP contribution in [0.3, 0.4) is 0 Å². The fourth-order valence-electron chi connectivity index (χ4n) is 3.71. The van der Waals surface area contributed by atoms with Gasteiger partial charge in [-0.1, -0.05) is 18.2 Å². The molecule has 1 aliphatic carbocycles. The number of aliphatic hydroxyl groups is 1. The number of benzene rings is 1. The number of phenolic OH excluding ortho intramolecular Hbond substituents is 2. The number of aliphatic hydroxyl groups excluding tert-OH is 1. The van der Waals surface area contributed by atoms with Gasteiger partial charge in [0.2, 0.25) is 5.88 Å². The van der Waals surface area contributed by atoms with Crippen molar-refractivity contribution in [2.75, 3.05) is 7.11 Å². The summed E-state index contributed by atoms with van der Waals surface area (Å²) in [7, 11) is 1.54. The van der Waals surface area contributed by atoms with Crippen LogP contribution in [-0.4, -0.2) is 33.5 Å². The highest BCUT2D eigenvalue weighted by molar-refractivity contribution is 5.70. The first-order chi connectivity index (χ1) is 12.8. The molecule has 1 aliphatic rings. The number of methoxy groups -OCH3 is 1. The van der Waals surface area contributed by atoms with E-state index in [4.69, 9.17) is 4.74 Å². The van der Waals surface area contributed by atoms with E-state index in [1.165, 1.54) is 7.11 Å². The van der Waals surface area contributed by atoms with Crippen LogP contribution in [0.1, 0.15) is 31.7 Å². The Morgan fingerprint density at radius 3 is 2.44 bits per heavy atom. The normalized spacial score (nSPS) is 22.2. The summed E-state index contributed by atoms with van der Waals surface area (Å²) in [5, 5.41) is 31.7. The van der Waals surface area contributed by atoms with Gasteiger partial charge in [0, 0.05) is 23.7 Å². The predicted octanol–water partition coefficient (Wildman–Crippen LogP) is 4.16. The third kappa shape index (κ3) is 3.69. The third-order valence-electron chi connectivity index (χ3n) is 5.26. The molecule has 3 unspecified atom stereocenters. The molecule has 3 atom stereocenters. The van der Waals surface area contributed by atoms with Gasteiger partial charge in [0.25, 0.3) is 0 Å². The SMILES string of the molecule is C=C(C)C1CC(O)C(C)=CC1c1c(O)cc(-c2ccnc(OC)c2)cc1O. The fourth-order valence-corrected chi connectivity index (χ4v) is 3.71. The minimum atomic E-state index is -0.532. The van der Waals surface area contributed by atoms with E-state index in [0.717, 1.165) is 16.7 Å². The summed E-state index contributed by atoms with van der Waals surface area (Å²) in [6.07, 6.45) is 3.51. The van der Waals surface area contributed by atoms with Crippen LogP contribution < -0.4 is 4.74 Å². The van der Waals surface area contributed by atoms with E-state index in [0.29, 0.717) is 23.4 Å². The summed E-state index contributed by atoms with van der Waals surface area (Å²) in [4.78, 5) is 4.08. The molecule has 0 aliphatic heterocycles. The lowest BCUT2D eigenvalue weighted by Crippen LogP contribution is -2.26. The number of hydrogen-bond acceptors (Lipinski definition) is 5. The Kier molecular flexibility index (Phi) is 5.24. The Hall–Kier alpha value is -2.79. The van der Waals surface area contributed by atoms with E-state index in [1.807, 2.05) is 19.9 Å². The van der Waals surface area contributed by atoms with E-state index in [2.05, 4.69) is 11.6 Å². The largest absolute Gasteiger partial charge is 0.507 e. The van der Waals surface area contributed by atoms with Gasteiger partial charge in [-0.3, -0.25) is 0 Å². The van der Waals surface area contributed by atoms with Gasteiger partial charge >= 0.3 is 0 Å². The summed E-state index contributed by atoms with van der Waals surface area (Å²) >= 11 is 0. The van der Waals surface area contributed by atoms with Crippen LogP contribution in [0.25, 0.3) is 11.1 Å². The molecular formula is C22H25NO4. The highest BCUT2D eigenvalue weighted by atomic mass is 16.5. The zero-order valence-corrected chi connectivity index (χ0v) is 15.8. The Morgan fingerprint density at radius 1 is 1.19 bits per heavy atom. The van der Waals surface area contributed by atoms with Gasteiger partial charge in [0.05, 0.1) is 13.2 Å². The number of aromatic nitrogens is 1. The molecule has 0 saturated carbocycles. The molecular weight excluding hydrogens is 342 g/mol. The molecule has 2 aromatic rings. The van der Waals surface area contributed by atoms with Crippen molar-refractivity contribution < 1.29 is 20.1 Å². The standard InChI is InChI=1S/C22H25NO4/c1-12(2)16-11-18(24)13(3)7-17(16)22-19(25)8-15(9-20(22)26)14-5-6-23-21(10-14)27-4/h5-10,16-18,24-26H,1,11H2,2-4H3. The van der Waals surface area contributed by atoms with Crippen LogP contribution in [0.4, 0.5) is 0 Å². The van der Waals surface area contributed by atoms with Crippen molar-refractivity contribution in [2.24, 2.45) is 5.92 Å². The molecule has 3 N–H and O–H groups in total. The smallest absolute Gasteiger partial charge is 0.213 e. The molecule has 0 spiro atoms. The maximum Gasteiger partial charge on any atom is 0.213 e. The lowest BCUT2D eigenvalue weighted by Gasteiger charge is -2.34. The lowest BCUT2D eigenvalue weighted by molar-refractivity contribution is 0.168. The molecule has 5 heteroatoms. The first kappa shape index (κ1) is 19.0. The van der Waals surface area contributed by atoms with Crippen LogP contribution in [0, 0.1) is 5.92 Å². The molecule has 1 heterocycles. The zero-order chi connectivity index (χ0) is 19.7. The molecule has 5 nitrogen and oxygen atoms in total. The van der Waals surface area contributed by atoms with Gasteiger partial charge in [-0.05, 0) is 61.1 Å². The fraction of sp³-hybridized carbons (Fsp3) is 0.318. The quantitative estimate of drug-likeness (QED) is 0.707. The molecule has 142 valence electrons. The summed E-state index contributed by atoms with van der Waals surface area (Å²) in [6, 6.07) is 6.79. The van der Waals surface area contributed by atoms with Crippen molar-refractivity contribution in [3.63, 3.8) is 0 Å². The van der Waals surface area contributed by atoms with Gasteiger partial charge < -0.3 is 20.1 Å². The van der Waals surface area contributed by atoms with E-state index >= 15 is 0 Å². The van der Waals surface area contributed by atoms with Crippen molar-refractivity contribution >= 4 is 0 Å². The number of allylic oxidation sites excluding steroid dienone is 2. The monoisotopic (exact) mass is 367 g/mol. The molecule has 1 aromatic carbocycles. The van der Waals surface area contributed by atoms with Gasteiger partial charge in [-0.15, -0.1) is 0 Å². The number of aromatic hydroxyl groups is 2. The van der Waals surface area contributed by atoms with E-state index < -0.39 is 6.10 Å². The van der Waals surface area contributed by atoms with Crippen LogP contribution in [0.2, 0.25) is 0 Å². The van der Waals surface area contributed by atoms with E-state index in [9.17, 15) is 15.3 Å². The van der Waals surface area contributed by atoms with Gasteiger partial charge in [0.1, 0.15) is 11.5 Å². The first-order valence-electron chi connectivity index (χ1n) is 8.90. The highest BCUT2D eigenvalue weighted by Crippen LogP contribution is 2.47. The van der Waals surface area contributed by atoms with Crippen molar-refractivity contribution in [2.45, 2.75) is 32.3 Å². The van der Waals surface area contributed by atoms with E-state index in [-0.39, 0.29) is 23.3 Å². The number of hydrogen-bond donors (Lipinski definition) is 3.